The summed E-state index contributed by atoms with van der Waals surface area (Å²) in [7, 11) is 0. The second kappa shape index (κ2) is 5.19. The summed E-state index contributed by atoms with van der Waals surface area (Å²) in [6, 6.07) is 3.26. The van der Waals surface area contributed by atoms with E-state index in [2.05, 4.69) is 15.0 Å². The van der Waals surface area contributed by atoms with Gasteiger partial charge in [-0.15, -0.1) is 0 Å². The smallest absolute Gasteiger partial charge is 0.436 e. The summed E-state index contributed by atoms with van der Waals surface area (Å²) in [5.41, 5.74) is 6.22. The van der Waals surface area contributed by atoms with Gasteiger partial charge in [-0.1, -0.05) is 6.07 Å². The maximum absolute atomic E-state index is 12.2. The molecular formula is C11H9F3N4O. The Morgan fingerprint density at radius 2 is 1.74 bits per heavy atom. The van der Waals surface area contributed by atoms with Crippen LogP contribution in [0.15, 0.2) is 30.7 Å². The van der Waals surface area contributed by atoms with Crippen LogP contribution in [-0.2, 0) is 12.7 Å². The highest BCUT2D eigenvalue weighted by Gasteiger charge is 2.34. The zero-order valence-corrected chi connectivity index (χ0v) is 9.55. The maximum Gasteiger partial charge on any atom is 0.451 e. The third kappa shape index (κ3) is 3.38. The van der Waals surface area contributed by atoms with E-state index in [1.54, 1.807) is 12.1 Å². The van der Waals surface area contributed by atoms with Crippen LogP contribution >= 0.6 is 0 Å². The number of rotatable bonds is 3. The Bertz CT molecular complexity index is 539. The van der Waals surface area contributed by atoms with E-state index >= 15 is 0 Å². The molecule has 0 aliphatic rings. The zero-order valence-electron chi connectivity index (χ0n) is 9.55. The van der Waals surface area contributed by atoms with E-state index < -0.39 is 12.0 Å². The Balaban J connectivity index is 2.10. The van der Waals surface area contributed by atoms with E-state index in [4.69, 9.17) is 10.5 Å². The van der Waals surface area contributed by atoms with Crippen molar-refractivity contribution in [2.24, 2.45) is 5.73 Å². The van der Waals surface area contributed by atoms with Gasteiger partial charge in [0.1, 0.15) is 0 Å². The molecule has 0 radical (unpaired) electrons. The van der Waals surface area contributed by atoms with Crippen molar-refractivity contribution in [3.8, 4) is 11.6 Å². The van der Waals surface area contributed by atoms with Crippen molar-refractivity contribution in [3.05, 3.63) is 42.1 Å². The molecular weight excluding hydrogens is 261 g/mol. The number of aromatic nitrogens is 3. The molecule has 0 bridgehead atoms. The van der Waals surface area contributed by atoms with E-state index in [-0.39, 0.29) is 11.6 Å². The number of alkyl halides is 3. The molecule has 8 heteroatoms. The first-order chi connectivity index (χ1) is 8.99. The molecule has 5 nitrogen and oxygen atoms in total. The highest BCUT2D eigenvalue weighted by molar-refractivity contribution is 5.24. The largest absolute Gasteiger partial charge is 0.451 e. The summed E-state index contributed by atoms with van der Waals surface area (Å²) in [6.45, 7) is 0.344. The SMILES string of the molecule is NCc1ccc(Oc2cnc(C(F)(F)F)nc2)nc1. The predicted octanol–water partition coefficient (Wildman–Crippen LogP) is 2.14. The average molecular weight is 270 g/mol. The first-order valence-electron chi connectivity index (χ1n) is 5.21. The van der Waals surface area contributed by atoms with Crippen molar-refractivity contribution >= 4 is 0 Å². The molecule has 2 rings (SSSR count). The summed E-state index contributed by atoms with van der Waals surface area (Å²) < 4.78 is 41.9. The van der Waals surface area contributed by atoms with Gasteiger partial charge >= 0.3 is 6.18 Å². The Morgan fingerprint density at radius 1 is 1.05 bits per heavy atom. The van der Waals surface area contributed by atoms with Crippen LogP contribution in [0.4, 0.5) is 13.2 Å². The number of ether oxygens (including phenoxy) is 1. The molecule has 0 fully saturated rings. The van der Waals surface area contributed by atoms with Gasteiger partial charge in [0.2, 0.25) is 11.7 Å². The van der Waals surface area contributed by atoms with Gasteiger partial charge in [-0.05, 0) is 5.56 Å². The number of nitrogens with zero attached hydrogens (tertiary/aromatic N) is 3. The highest BCUT2D eigenvalue weighted by Crippen LogP contribution is 2.26. The average Bonchev–Trinajstić information content (AvgIpc) is 2.39. The standard InChI is InChI=1S/C11H9F3N4O/c12-11(13,14)10-17-5-8(6-18-10)19-9-2-1-7(3-15)4-16-9/h1-2,4-6H,3,15H2. The molecule has 0 spiro atoms. The van der Waals surface area contributed by atoms with Gasteiger partial charge in [-0.3, -0.25) is 0 Å². The normalized spacial score (nSPS) is 11.4. The third-order valence-corrected chi connectivity index (χ3v) is 2.14. The van der Waals surface area contributed by atoms with Gasteiger partial charge in [0, 0.05) is 18.8 Å². The lowest BCUT2D eigenvalue weighted by Gasteiger charge is -2.06. The topological polar surface area (TPSA) is 73.9 Å². The minimum Gasteiger partial charge on any atom is -0.436 e. The molecule has 100 valence electrons. The van der Waals surface area contributed by atoms with E-state index in [0.29, 0.717) is 6.54 Å². The second-order valence-electron chi connectivity index (χ2n) is 3.55. The number of hydrogen-bond donors (Lipinski definition) is 1. The van der Waals surface area contributed by atoms with Crippen LogP contribution in [0.25, 0.3) is 0 Å². The molecule has 0 saturated carbocycles. The van der Waals surface area contributed by atoms with Crippen LogP contribution in [0.1, 0.15) is 11.4 Å². The van der Waals surface area contributed by atoms with Crippen LogP contribution in [0.5, 0.6) is 11.6 Å². The Morgan fingerprint density at radius 3 is 2.21 bits per heavy atom. The van der Waals surface area contributed by atoms with E-state index in [0.717, 1.165) is 18.0 Å². The number of nitrogens with two attached hydrogens (primary N) is 1. The lowest BCUT2D eigenvalue weighted by Crippen LogP contribution is -2.10. The summed E-state index contributed by atoms with van der Waals surface area (Å²) >= 11 is 0. The fourth-order valence-corrected chi connectivity index (χ4v) is 1.23. The molecule has 0 atom stereocenters. The molecule has 0 aliphatic heterocycles. The predicted molar refractivity (Wildman–Crippen MR) is 59.2 cm³/mol. The van der Waals surface area contributed by atoms with Gasteiger partial charge in [0.25, 0.3) is 0 Å². The van der Waals surface area contributed by atoms with E-state index in [9.17, 15) is 13.2 Å². The molecule has 0 aliphatic carbocycles. The van der Waals surface area contributed by atoms with Crippen LogP contribution in [-0.4, -0.2) is 15.0 Å². The summed E-state index contributed by atoms with van der Waals surface area (Å²) in [5.74, 6) is -0.923. The molecule has 0 amide bonds. The molecule has 2 aromatic heterocycles. The molecule has 2 heterocycles. The molecule has 0 aromatic carbocycles. The van der Waals surface area contributed by atoms with Crippen molar-refractivity contribution in [1.29, 1.82) is 0 Å². The van der Waals surface area contributed by atoms with E-state index in [1.807, 2.05) is 0 Å². The lowest BCUT2D eigenvalue weighted by atomic mass is 10.3. The molecule has 2 aromatic rings. The van der Waals surface area contributed by atoms with Gasteiger partial charge in [-0.2, -0.15) is 13.2 Å². The first-order valence-corrected chi connectivity index (χ1v) is 5.21. The van der Waals surface area contributed by atoms with Gasteiger partial charge in [0.15, 0.2) is 5.75 Å². The third-order valence-electron chi connectivity index (χ3n) is 2.14. The van der Waals surface area contributed by atoms with Crippen LogP contribution in [0, 0.1) is 0 Å². The number of halogens is 3. The van der Waals surface area contributed by atoms with Gasteiger partial charge in [0.05, 0.1) is 12.4 Å². The zero-order chi connectivity index (χ0) is 13.9. The maximum atomic E-state index is 12.2. The quantitative estimate of drug-likeness (QED) is 0.924. The van der Waals surface area contributed by atoms with Crippen molar-refractivity contribution in [2.75, 3.05) is 0 Å². The van der Waals surface area contributed by atoms with Crippen LogP contribution in [0.2, 0.25) is 0 Å². The minimum atomic E-state index is -4.57. The van der Waals surface area contributed by atoms with Crippen molar-refractivity contribution < 1.29 is 17.9 Å². The molecule has 19 heavy (non-hydrogen) atoms. The van der Waals surface area contributed by atoms with Crippen molar-refractivity contribution in [2.45, 2.75) is 12.7 Å². The summed E-state index contributed by atoms with van der Waals surface area (Å²) in [5, 5.41) is 0. The monoisotopic (exact) mass is 270 g/mol. The van der Waals surface area contributed by atoms with Gasteiger partial charge in [-0.25, -0.2) is 15.0 Å². The van der Waals surface area contributed by atoms with Gasteiger partial charge < -0.3 is 10.5 Å². The van der Waals surface area contributed by atoms with Crippen LogP contribution < -0.4 is 10.5 Å². The van der Waals surface area contributed by atoms with Crippen molar-refractivity contribution in [1.82, 2.24) is 15.0 Å². The molecule has 2 N–H and O–H groups in total. The molecule has 0 unspecified atom stereocenters. The fraction of sp³-hybridized carbons (Fsp3) is 0.182. The number of hydrogen-bond acceptors (Lipinski definition) is 5. The van der Waals surface area contributed by atoms with E-state index in [1.165, 1.54) is 6.20 Å². The minimum absolute atomic E-state index is 0.0704. The van der Waals surface area contributed by atoms with Crippen molar-refractivity contribution in [3.63, 3.8) is 0 Å². The Labute approximate surface area is 106 Å². The van der Waals surface area contributed by atoms with Crippen LogP contribution in [0.3, 0.4) is 0 Å². The summed E-state index contributed by atoms with van der Waals surface area (Å²) in [4.78, 5) is 10.3. The Kier molecular flexibility index (Phi) is 3.61. The number of pyridine rings is 1. The first kappa shape index (κ1) is 13.2. The lowest BCUT2D eigenvalue weighted by molar-refractivity contribution is -0.145. The Hall–Kier alpha value is -2.22. The highest BCUT2D eigenvalue weighted by atomic mass is 19.4. The second-order valence-corrected chi connectivity index (χ2v) is 3.55. The molecule has 0 saturated heterocycles. The fourth-order valence-electron chi connectivity index (χ4n) is 1.23. The summed E-state index contributed by atoms with van der Waals surface area (Å²) in [6.07, 6.45) is -1.18.